The highest BCUT2D eigenvalue weighted by Crippen LogP contribution is 2.50. The SMILES string of the molecule is Nc1c(F)c(F)c(C2=C(F)C(F)C(N)(c3cc(F)c(F)c(F)c3F)C(F)=C2F)c(F)c1F. The van der Waals surface area contributed by atoms with E-state index >= 15 is 0 Å². The van der Waals surface area contributed by atoms with Crippen LogP contribution in [0.5, 0.6) is 0 Å². The lowest BCUT2D eigenvalue weighted by Crippen LogP contribution is -2.50. The van der Waals surface area contributed by atoms with Crippen molar-refractivity contribution < 1.29 is 52.7 Å². The topological polar surface area (TPSA) is 52.0 Å². The van der Waals surface area contributed by atoms with Crippen molar-refractivity contribution in [3.8, 4) is 0 Å². The van der Waals surface area contributed by atoms with Crippen LogP contribution in [0.2, 0.25) is 0 Å². The van der Waals surface area contributed by atoms with Crippen LogP contribution in [0.15, 0.2) is 23.5 Å². The zero-order valence-electron chi connectivity index (χ0n) is 14.8. The minimum Gasteiger partial charge on any atom is -0.394 e. The minimum absolute atomic E-state index is 0.408. The molecule has 0 radical (unpaired) electrons. The molecule has 0 saturated heterocycles. The summed E-state index contributed by atoms with van der Waals surface area (Å²) in [5.41, 5.74) is -2.52. The van der Waals surface area contributed by atoms with Crippen molar-refractivity contribution in [1.29, 1.82) is 0 Å². The normalized spacial score (nSPS) is 21.6. The first-order valence-electron chi connectivity index (χ1n) is 8.03. The molecule has 0 bridgehead atoms. The van der Waals surface area contributed by atoms with E-state index in [0.29, 0.717) is 0 Å². The molecule has 32 heavy (non-hydrogen) atoms. The fourth-order valence-electron chi connectivity index (χ4n) is 3.06. The Bertz CT molecular complexity index is 1210. The highest BCUT2D eigenvalue weighted by molar-refractivity contribution is 5.83. The fraction of sp³-hybridized carbons (Fsp3) is 0.111. The Kier molecular flexibility index (Phi) is 5.48. The van der Waals surface area contributed by atoms with Crippen LogP contribution in [-0.4, -0.2) is 6.17 Å². The third-order valence-corrected chi connectivity index (χ3v) is 4.73. The first kappa shape index (κ1) is 23.5. The molecule has 0 saturated carbocycles. The Hall–Kier alpha value is -3.16. The Morgan fingerprint density at radius 2 is 1.19 bits per heavy atom. The minimum atomic E-state index is -4.06. The van der Waals surface area contributed by atoms with E-state index in [1.165, 1.54) is 0 Å². The van der Waals surface area contributed by atoms with Gasteiger partial charge < -0.3 is 11.5 Å². The molecule has 2 aromatic rings. The summed E-state index contributed by atoms with van der Waals surface area (Å²) in [7, 11) is 0. The molecule has 1 aliphatic carbocycles. The molecule has 0 amide bonds. The number of nitrogens with two attached hydrogens (primary N) is 2. The van der Waals surface area contributed by atoms with Gasteiger partial charge in [-0.3, -0.25) is 0 Å². The quantitative estimate of drug-likeness (QED) is 0.262. The third kappa shape index (κ3) is 2.88. The maximum atomic E-state index is 14.8. The second kappa shape index (κ2) is 7.46. The van der Waals surface area contributed by atoms with E-state index < -0.39 is 104 Å². The molecule has 2 aromatic carbocycles. The van der Waals surface area contributed by atoms with Crippen molar-refractivity contribution in [2.24, 2.45) is 5.73 Å². The number of anilines is 1. The van der Waals surface area contributed by atoms with Gasteiger partial charge in [-0.1, -0.05) is 0 Å². The monoisotopic (exact) mass is 478 g/mol. The second-order valence-electron chi connectivity index (χ2n) is 6.47. The van der Waals surface area contributed by atoms with Gasteiger partial charge in [-0.05, 0) is 6.07 Å². The number of allylic oxidation sites excluding steroid dienone is 2. The lowest BCUT2D eigenvalue weighted by Gasteiger charge is -2.35. The molecule has 1 aliphatic rings. The summed E-state index contributed by atoms with van der Waals surface area (Å²) < 4.78 is 169. The lowest BCUT2D eigenvalue weighted by molar-refractivity contribution is 0.181. The molecule has 0 aromatic heterocycles. The molecule has 0 spiro atoms. The molecule has 4 N–H and O–H groups in total. The Balaban J connectivity index is 2.37. The van der Waals surface area contributed by atoms with Gasteiger partial charge in [-0.25, -0.2) is 52.7 Å². The number of alkyl halides is 1. The summed E-state index contributed by atoms with van der Waals surface area (Å²) in [6.45, 7) is 0. The molecule has 0 aliphatic heterocycles. The van der Waals surface area contributed by atoms with E-state index in [1.807, 2.05) is 0 Å². The van der Waals surface area contributed by atoms with Crippen LogP contribution in [0.4, 0.5) is 58.4 Å². The van der Waals surface area contributed by atoms with Gasteiger partial charge in [0.15, 0.2) is 64.4 Å². The van der Waals surface area contributed by atoms with Crippen LogP contribution in [0, 0.1) is 46.5 Å². The number of hydrogen-bond acceptors (Lipinski definition) is 2. The maximum absolute atomic E-state index is 14.8. The van der Waals surface area contributed by atoms with Crippen molar-refractivity contribution in [1.82, 2.24) is 0 Å². The standard InChI is InChI=1S/C18H6F12N2/c19-3-1-2(6(20)12(26)7(3)21)18(32)16(29)10(24)5(11(25)17(18)30)4-8(22)13(27)15(31)14(28)9(4)23/h1,16H,31-32H2. The first-order chi connectivity index (χ1) is 14.7. The lowest BCUT2D eigenvalue weighted by atomic mass is 9.77. The van der Waals surface area contributed by atoms with Crippen molar-refractivity contribution >= 4 is 11.3 Å². The predicted molar refractivity (Wildman–Crippen MR) is 85.0 cm³/mol. The smallest absolute Gasteiger partial charge is 0.197 e. The van der Waals surface area contributed by atoms with E-state index in [0.717, 1.165) is 0 Å². The summed E-state index contributed by atoms with van der Waals surface area (Å²) >= 11 is 0. The average molecular weight is 478 g/mol. The highest BCUT2D eigenvalue weighted by atomic mass is 19.2. The first-order valence-corrected chi connectivity index (χ1v) is 8.03. The van der Waals surface area contributed by atoms with E-state index in [4.69, 9.17) is 11.5 Å². The molecular formula is C18H6F12N2. The van der Waals surface area contributed by atoms with Crippen molar-refractivity contribution in [3.05, 3.63) is 81.2 Å². The highest BCUT2D eigenvalue weighted by Gasteiger charge is 2.54. The molecule has 2 nitrogen and oxygen atoms in total. The second-order valence-corrected chi connectivity index (χ2v) is 6.47. The van der Waals surface area contributed by atoms with Crippen LogP contribution in [0.3, 0.4) is 0 Å². The van der Waals surface area contributed by atoms with Gasteiger partial charge in [-0.15, -0.1) is 0 Å². The summed E-state index contributed by atoms with van der Waals surface area (Å²) in [5.74, 6) is -28.1. The Morgan fingerprint density at radius 3 is 1.69 bits per heavy atom. The van der Waals surface area contributed by atoms with Crippen LogP contribution < -0.4 is 11.5 Å². The molecule has 172 valence electrons. The van der Waals surface area contributed by atoms with Gasteiger partial charge in [0.05, 0.1) is 11.1 Å². The van der Waals surface area contributed by atoms with Gasteiger partial charge in [0.2, 0.25) is 0 Å². The van der Waals surface area contributed by atoms with Crippen LogP contribution >= 0.6 is 0 Å². The predicted octanol–water partition coefficient (Wildman–Crippen LogP) is 5.42. The van der Waals surface area contributed by atoms with Gasteiger partial charge in [-0.2, -0.15) is 0 Å². The molecule has 2 atom stereocenters. The van der Waals surface area contributed by atoms with Crippen molar-refractivity contribution in [2.75, 3.05) is 5.73 Å². The fourth-order valence-corrected chi connectivity index (χ4v) is 3.06. The summed E-state index contributed by atoms with van der Waals surface area (Å²) in [5, 5.41) is 0. The van der Waals surface area contributed by atoms with Crippen LogP contribution in [0.25, 0.3) is 5.57 Å². The summed E-state index contributed by atoms with van der Waals surface area (Å²) in [6, 6.07) is -0.408. The number of benzene rings is 2. The summed E-state index contributed by atoms with van der Waals surface area (Å²) in [4.78, 5) is 0. The van der Waals surface area contributed by atoms with E-state index in [1.54, 1.807) is 0 Å². The molecule has 3 rings (SSSR count). The van der Waals surface area contributed by atoms with Gasteiger partial charge in [0.1, 0.15) is 17.1 Å². The van der Waals surface area contributed by atoms with E-state index in [2.05, 4.69) is 0 Å². The van der Waals surface area contributed by atoms with Gasteiger partial charge in [0.25, 0.3) is 0 Å². The molecule has 0 fully saturated rings. The van der Waals surface area contributed by atoms with Crippen molar-refractivity contribution in [3.63, 3.8) is 0 Å². The molecule has 0 heterocycles. The largest absolute Gasteiger partial charge is 0.394 e. The number of rotatable bonds is 2. The zero-order chi connectivity index (χ0) is 24.4. The van der Waals surface area contributed by atoms with E-state index in [9.17, 15) is 52.7 Å². The van der Waals surface area contributed by atoms with Gasteiger partial charge >= 0.3 is 0 Å². The van der Waals surface area contributed by atoms with Gasteiger partial charge in [0, 0.05) is 5.56 Å². The number of hydrogen-bond donors (Lipinski definition) is 2. The summed E-state index contributed by atoms with van der Waals surface area (Å²) in [6.07, 6.45) is -3.88. The Labute approximate surface area is 169 Å². The number of halogens is 12. The van der Waals surface area contributed by atoms with E-state index in [-0.39, 0.29) is 0 Å². The molecule has 2 unspecified atom stereocenters. The third-order valence-electron chi connectivity index (χ3n) is 4.73. The maximum Gasteiger partial charge on any atom is 0.197 e. The molecular weight excluding hydrogens is 472 g/mol. The van der Waals surface area contributed by atoms with Crippen LogP contribution in [-0.2, 0) is 5.54 Å². The number of nitrogen functional groups attached to an aromatic ring is 1. The van der Waals surface area contributed by atoms with Crippen LogP contribution in [0.1, 0.15) is 11.1 Å². The average Bonchev–Trinajstić information content (AvgIpc) is 2.76. The zero-order valence-corrected chi connectivity index (χ0v) is 14.8. The molecule has 14 heteroatoms. The van der Waals surface area contributed by atoms with Crippen molar-refractivity contribution in [2.45, 2.75) is 11.7 Å². The Morgan fingerprint density at radius 1 is 0.688 bits per heavy atom.